The summed E-state index contributed by atoms with van der Waals surface area (Å²) in [4.78, 5) is 0. The maximum atomic E-state index is 5.46. The molecular formula is C15H24O. The summed E-state index contributed by atoms with van der Waals surface area (Å²) >= 11 is 0. The second-order valence-electron chi connectivity index (χ2n) is 5.12. The summed E-state index contributed by atoms with van der Waals surface area (Å²) in [6, 6.07) is 0. The van der Waals surface area contributed by atoms with E-state index in [0.717, 1.165) is 19.1 Å². The average molecular weight is 220 g/mol. The first-order chi connectivity index (χ1) is 7.74. The molecule has 1 heterocycles. The van der Waals surface area contributed by atoms with Gasteiger partial charge < -0.3 is 4.74 Å². The first-order valence-electron chi connectivity index (χ1n) is 6.70. The molecular weight excluding hydrogens is 196 g/mol. The van der Waals surface area contributed by atoms with E-state index in [0.29, 0.717) is 0 Å². The second-order valence-corrected chi connectivity index (χ2v) is 5.12. The predicted molar refractivity (Wildman–Crippen MR) is 68.5 cm³/mol. The number of ether oxygens (including phenoxy) is 1. The first-order valence-corrected chi connectivity index (χ1v) is 6.70. The molecule has 1 heteroatoms. The van der Waals surface area contributed by atoms with Crippen LogP contribution in [0.1, 0.15) is 52.9 Å². The molecule has 1 nitrogen and oxygen atoms in total. The standard InChI is InChI=1S/C15H24O/c1-4-13-5-6-15(12(3)11(13)2)14-7-9-16-10-8-14/h14H,4-10H2,1-3H3. The monoisotopic (exact) mass is 220 g/mol. The molecule has 2 aliphatic rings. The summed E-state index contributed by atoms with van der Waals surface area (Å²) < 4.78 is 5.46. The number of rotatable bonds is 2. The molecule has 0 spiro atoms. The van der Waals surface area contributed by atoms with E-state index in [9.17, 15) is 0 Å². The molecule has 0 amide bonds. The lowest BCUT2D eigenvalue weighted by atomic mass is 9.78. The van der Waals surface area contributed by atoms with Crippen LogP contribution in [0.2, 0.25) is 0 Å². The Kier molecular flexibility index (Phi) is 3.86. The van der Waals surface area contributed by atoms with Gasteiger partial charge >= 0.3 is 0 Å². The Morgan fingerprint density at radius 2 is 1.75 bits per heavy atom. The van der Waals surface area contributed by atoms with Crippen molar-refractivity contribution < 1.29 is 4.74 Å². The van der Waals surface area contributed by atoms with Gasteiger partial charge in [-0.3, -0.25) is 0 Å². The molecule has 1 aliphatic carbocycles. The maximum Gasteiger partial charge on any atom is 0.0471 e. The molecule has 0 saturated carbocycles. The minimum absolute atomic E-state index is 0.808. The molecule has 90 valence electrons. The van der Waals surface area contributed by atoms with Crippen molar-refractivity contribution in [1.29, 1.82) is 0 Å². The molecule has 0 aromatic rings. The molecule has 2 rings (SSSR count). The zero-order chi connectivity index (χ0) is 11.5. The summed E-state index contributed by atoms with van der Waals surface area (Å²) in [6.45, 7) is 8.85. The Morgan fingerprint density at radius 3 is 2.38 bits per heavy atom. The fourth-order valence-corrected chi connectivity index (χ4v) is 3.16. The van der Waals surface area contributed by atoms with Crippen LogP contribution in [0.5, 0.6) is 0 Å². The Hall–Kier alpha value is -0.560. The Balaban J connectivity index is 2.20. The van der Waals surface area contributed by atoms with E-state index >= 15 is 0 Å². The van der Waals surface area contributed by atoms with E-state index in [-0.39, 0.29) is 0 Å². The fraction of sp³-hybridized carbons (Fsp3) is 0.733. The topological polar surface area (TPSA) is 9.23 Å². The van der Waals surface area contributed by atoms with Gasteiger partial charge in [-0.25, -0.2) is 0 Å². The number of hydrogen-bond acceptors (Lipinski definition) is 1. The van der Waals surface area contributed by atoms with Gasteiger partial charge in [-0.05, 0) is 63.0 Å². The fourth-order valence-electron chi connectivity index (χ4n) is 3.16. The molecule has 0 unspecified atom stereocenters. The van der Waals surface area contributed by atoms with Crippen LogP contribution in [0.4, 0.5) is 0 Å². The molecule has 0 bridgehead atoms. The molecule has 0 aromatic carbocycles. The summed E-state index contributed by atoms with van der Waals surface area (Å²) in [7, 11) is 0. The Morgan fingerprint density at radius 1 is 1.06 bits per heavy atom. The van der Waals surface area contributed by atoms with Crippen LogP contribution in [-0.4, -0.2) is 13.2 Å². The van der Waals surface area contributed by atoms with Gasteiger partial charge in [0.2, 0.25) is 0 Å². The van der Waals surface area contributed by atoms with Gasteiger partial charge in [-0.1, -0.05) is 18.1 Å². The molecule has 1 fully saturated rings. The van der Waals surface area contributed by atoms with Crippen LogP contribution in [0.15, 0.2) is 22.3 Å². The summed E-state index contributed by atoms with van der Waals surface area (Å²) in [5, 5.41) is 0. The highest BCUT2D eigenvalue weighted by Gasteiger charge is 2.23. The van der Waals surface area contributed by atoms with Gasteiger partial charge in [0.25, 0.3) is 0 Å². The van der Waals surface area contributed by atoms with Gasteiger partial charge in [-0.2, -0.15) is 0 Å². The minimum Gasteiger partial charge on any atom is -0.381 e. The SMILES string of the molecule is CCC1=C(C)C(C)=C(C2CCOCC2)CC1. The van der Waals surface area contributed by atoms with Gasteiger partial charge in [-0.15, -0.1) is 0 Å². The van der Waals surface area contributed by atoms with Crippen molar-refractivity contribution in [3.8, 4) is 0 Å². The van der Waals surface area contributed by atoms with E-state index < -0.39 is 0 Å². The lowest BCUT2D eigenvalue weighted by Crippen LogP contribution is -2.20. The van der Waals surface area contributed by atoms with Crippen molar-refractivity contribution in [2.24, 2.45) is 5.92 Å². The van der Waals surface area contributed by atoms with Crippen molar-refractivity contribution in [2.45, 2.75) is 52.9 Å². The number of hydrogen-bond donors (Lipinski definition) is 0. The zero-order valence-corrected chi connectivity index (χ0v) is 10.9. The van der Waals surface area contributed by atoms with Crippen LogP contribution in [0.25, 0.3) is 0 Å². The molecule has 0 atom stereocenters. The van der Waals surface area contributed by atoms with E-state index in [2.05, 4.69) is 20.8 Å². The van der Waals surface area contributed by atoms with Gasteiger partial charge in [0.1, 0.15) is 0 Å². The second kappa shape index (κ2) is 5.18. The van der Waals surface area contributed by atoms with Crippen molar-refractivity contribution in [2.75, 3.05) is 13.2 Å². The van der Waals surface area contributed by atoms with Crippen LogP contribution in [-0.2, 0) is 4.74 Å². The number of allylic oxidation sites excluding steroid dienone is 4. The van der Waals surface area contributed by atoms with Gasteiger partial charge in [0.05, 0.1) is 0 Å². The third kappa shape index (κ3) is 2.24. The quantitative estimate of drug-likeness (QED) is 0.676. The highest BCUT2D eigenvalue weighted by molar-refractivity contribution is 5.40. The third-order valence-corrected chi connectivity index (χ3v) is 4.41. The van der Waals surface area contributed by atoms with Crippen molar-refractivity contribution >= 4 is 0 Å². The first kappa shape index (κ1) is 11.9. The largest absolute Gasteiger partial charge is 0.381 e. The van der Waals surface area contributed by atoms with Crippen molar-refractivity contribution in [1.82, 2.24) is 0 Å². The Labute approximate surface area is 99.6 Å². The maximum absolute atomic E-state index is 5.46. The molecule has 0 aromatic heterocycles. The van der Waals surface area contributed by atoms with E-state index in [4.69, 9.17) is 4.74 Å². The van der Waals surface area contributed by atoms with Crippen LogP contribution in [0.3, 0.4) is 0 Å². The van der Waals surface area contributed by atoms with Crippen molar-refractivity contribution in [3.63, 3.8) is 0 Å². The van der Waals surface area contributed by atoms with Gasteiger partial charge in [0.15, 0.2) is 0 Å². The van der Waals surface area contributed by atoms with E-state index in [1.54, 1.807) is 22.3 Å². The van der Waals surface area contributed by atoms with E-state index in [1.807, 2.05) is 0 Å². The lowest BCUT2D eigenvalue weighted by molar-refractivity contribution is 0.0746. The lowest BCUT2D eigenvalue weighted by Gasteiger charge is -2.30. The van der Waals surface area contributed by atoms with Crippen molar-refractivity contribution in [3.05, 3.63) is 22.3 Å². The third-order valence-electron chi connectivity index (χ3n) is 4.41. The smallest absolute Gasteiger partial charge is 0.0471 e. The normalized spacial score (nSPS) is 24.2. The minimum atomic E-state index is 0.808. The predicted octanol–water partition coefficient (Wildman–Crippen LogP) is 4.25. The molecule has 0 radical (unpaired) electrons. The van der Waals surface area contributed by atoms with Crippen LogP contribution >= 0.6 is 0 Å². The van der Waals surface area contributed by atoms with E-state index in [1.165, 1.54) is 32.1 Å². The molecule has 0 N–H and O–H groups in total. The molecule has 16 heavy (non-hydrogen) atoms. The summed E-state index contributed by atoms with van der Waals surface area (Å²) in [5.41, 5.74) is 6.58. The highest BCUT2D eigenvalue weighted by Crippen LogP contribution is 2.38. The average Bonchev–Trinajstić information content (AvgIpc) is 2.34. The van der Waals surface area contributed by atoms with Crippen LogP contribution in [0, 0.1) is 5.92 Å². The Bertz CT molecular complexity index is 316. The molecule has 1 saturated heterocycles. The summed E-state index contributed by atoms with van der Waals surface area (Å²) in [6.07, 6.45) is 6.30. The zero-order valence-electron chi connectivity index (χ0n) is 10.9. The van der Waals surface area contributed by atoms with Gasteiger partial charge in [0, 0.05) is 13.2 Å². The van der Waals surface area contributed by atoms with Crippen LogP contribution < -0.4 is 0 Å². The molecule has 1 aliphatic heterocycles. The highest BCUT2D eigenvalue weighted by atomic mass is 16.5. The summed E-state index contributed by atoms with van der Waals surface area (Å²) in [5.74, 6) is 0.808.